The van der Waals surface area contributed by atoms with Crippen LogP contribution >= 0.6 is 0 Å². The van der Waals surface area contributed by atoms with Gasteiger partial charge in [-0.2, -0.15) is 0 Å². The third kappa shape index (κ3) is 3.97. The minimum absolute atomic E-state index is 0.0961. The maximum absolute atomic E-state index is 9.43. The minimum atomic E-state index is 0.0961. The molecule has 1 aromatic carbocycles. The number of aliphatic hydroxyl groups is 1. The Bertz CT molecular complexity index is 860. The third-order valence-corrected chi connectivity index (χ3v) is 4.20. The number of benzene rings is 1. The molecule has 2 heterocycles. The van der Waals surface area contributed by atoms with Gasteiger partial charge in [0.05, 0.1) is 19.4 Å². The summed E-state index contributed by atoms with van der Waals surface area (Å²) in [6.45, 7) is 6.01. The molecular formula is C19H24N4O2. The first-order valence-electron chi connectivity index (χ1n) is 8.38. The molecule has 0 saturated heterocycles. The fourth-order valence-electron chi connectivity index (χ4n) is 3.05. The normalized spacial score (nSPS) is 11.4. The van der Waals surface area contributed by atoms with Gasteiger partial charge < -0.3 is 9.84 Å². The lowest BCUT2D eigenvalue weighted by molar-refractivity contribution is 0.181. The lowest BCUT2D eigenvalue weighted by atomic mass is 10.2. The number of fused-ring (bicyclic) bond motifs is 1. The molecule has 1 N–H and O–H groups in total. The Morgan fingerprint density at radius 2 is 1.96 bits per heavy atom. The second-order valence-electron chi connectivity index (χ2n) is 6.19. The van der Waals surface area contributed by atoms with Gasteiger partial charge in [-0.3, -0.25) is 9.30 Å². The van der Waals surface area contributed by atoms with Crippen LogP contribution in [0.4, 0.5) is 0 Å². The molecule has 0 amide bonds. The summed E-state index contributed by atoms with van der Waals surface area (Å²) in [6.07, 6.45) is 2.02. The zero-order valence-corrected chi connectivity index (χ0v) is 14.9. The molecular weight excluding hydrogens is 316 g/mol. The van der Waals surface area contributed by atoms with E-state index in [1.165, 1.54) is 0 Å². The molecule has 0 spiro atoms. The fraction of sp³-hybridized carbons (Fsp3) is 0.368. The van der Waals surface area contributed by atoms with Crippen molar-refractivity contribution >= 4 is 5.78 Å². The van der Waals surface area contributed by atoms with Crippen molar-refractivity contribution < 1.29 is 9.84 Å². The van der Waals surface area contributed by atoms with Gasteiger partial charge in [-0.25, -0.2) is 9.97 Å². The highest BCUT2D eigenvalue weighted by Crippen LogP contribution is 2.20. The molecule has 6 nitrogen and oxygen atoms in total. The predicted octanol–water partition coefficient (Wildman–Crippen LogP) is 2.35. The Balaban J connectivity index is 1.83. The van der Waals surface area contributed by atoms with Crippen LogP contribution in [0.3, 0.4) is 0 Å². The van der Waals surface area contributed by atoms with Crippen molar-refractivity contribution in [1.29, 1.82) is 0 Å². The first kappa shape index (κ1) is 17.4. The highest BCUT2D eigenvalue weighted by Gasteiger charge is 2.13. The van der Waals surface area contributed by atoms with Crippen molar-refractivity contribution in [2.75, 3.05) is 20.3 Å². The van der Waals surface area contributed by atoms with E-state index >= 15 is 0 Å². The first-order chi connectivity index (χ1) is 12.1. The monoisotopic (exact) mass is 340 g/mol. The molecule has 3 rings (SSSR count). The van der Waals surface area contributed by atoms with Crippen LogP contribution < -0.4 is 4.74 Å². The number of hydrogen-bond donors (Lipinski definition) is 1. The van der Waals surface area contributed by atoms with Crippen LogP contribution in [0.2, 0.25) is 0 Å². The topological polar surface area (TPSA) is 62.9 Å². The summed E-state index contributed by atoms with van der Waals surface area (Å²) in [4.78, 5) is 11.3. The summed E-state index contributed by atoms with van der Waals surface area (Å²) >= 11 is 0. The van der Waals surface area contributed by atoms with Crippen LogP contribution in [0.25, 0.3) is 5.78 Å². The molecule has 0 fully saturated rings. The predicted molar refractivity (Wildman–Crippen MR) is 96.7 cm³/mol. The summed E-state index contributed by atoms with van der Waals surface area (Å²) < 4.78 is 7.44. The first-order valence-corrected chi connectivity index (χ1v) is 8.38. The summed E-state index contributed by atoms with van der Waals surface area (Å²) in [7, 11) is 1.67. The van der Waals surface area contributed by atoms with E-state index in [2.05, 4.69) is 14.9 Å². The van der Waals surface area contributed by atoms with Gasteiger partial charge in [0.15, 0.2) is 0 Å². The Morgan fingerprint density at radius 3 is 2.72 bits per heavy atom. The van der Waals surface area contributed by atoms with E-state index in [-0.39, 0.29) is 6.61 Å². The number of methoxy groups -OCH3 is 1. The van der Waals surface area contributed by atoms with E-state index < -0.39 is 0 Å². The molecule has 0 aliphatic rings. The number of imidazole rings is 1. The number of ether oxygens (including phenoxy) is 1. The van der Waals surface area contributed by atoms with Crippen molar-refractivity contribution in [2.45, 2.75) is 26.9 Å². The van der Waals surface area contributed by atoms with Crippen molar-refractivity contribution in [3.63, 3.8) is 0 Å². The molecule has 0 unspecified atom stereocenters. The average Bonchev–Trinajstić information content (AvgIpc) is 2.98. The number of hydrogen-bond acceptors (Lipinski definition) is 5. The van der Waals surface area contributed by atoms with Gasteiger partial charge in [0.25, 0.3) is 0 Å². The Morgan fingerprint density at radius 1 is 1.16 bits per heavy atom. The van der Waals surface area contributed by atoms with Gasteiger partial charge in [-0.15, -0.1) is 0 Å². The van der Waals surface area contributed by atoms with Crippen LogP contribution in [0.15, 0.2) is 36.5 Å². The van der Waals surface area contributed by atoms with Gasteiger partial charge in [-0.1, -0.05) is 18.2 Å². The summed E-state index contributed by atoms with van der Waals surface area (Å²) in [6, 6.07) is 9.99. The lowest BCUT2D eigenvalue weighted by Crippen LogP contribution is -2.26. The molecule has 0 saturated carbocycles. The number of aryl methyl sites for hydroxylation is 2. The van der Waals surface area contributed by atoms with E-state index in [0.717, 1.165) is 28.4 Å². The summed E-state index contributed by atoms with van der Waals surface area (Å²) in [5.41, 5.74) is 4.10. The quantitative estimate of drug-likeness (QED) is 0.715. The zero-order valence-electron chi connectivity index (χ0n) is 14.9. The molecule has 0 aliphatic carbocycles. The van der Waals surface area contributed by atoms with Crippen LogP contribution in [-0.2, 0) is 13.1 Å². The van der Waals surface area contributed by atoms with E-state index in [1.54, 1.807) is 7.11 Å². The van der Waals surface area contributed by atoms with Crippen molar-refractivity contribution in [3.8, 4) is 5.75 Å². The molecule has 0 radical (unpaired) electrons. The van der Waals surface area contributed by atoms with E-state index in [9.17, 15) is 5.11 Å². The van der Waals surface area contributed by atoms with E-state index in [4.69, 9.17) is 4.74 Å². The second-order valence-corrected chi connectivity index (χ2v) is 6.19. The van der Waals surface area contributed by atoms with Crippen LogP contribution in [0.1, 0.15) is 22.6 Å². The van der Waals surface area contributed by atoms with Crippen LogP contribution in [-0.4, -0.2) is 44.6 Å². The number of aliphatic hydroxyl groups excluding tert-OH is 1. The van der Waals surface area contributed by atoms with Gasteiger partial charge in [0, 0.05) is 42.8 Å². The maximum atomic E-state index is 9.43. The summed E-state index contributed by atoms with van der Waals surface area (Å²) in [5.74, 6) is 1.57. The van der Waals surface area contributed by atoms with Crippen molar-refractivity contribution in [3.05, 3.63) is 59.2 Å². The number of para-hydroxylation sites is 1. The maximum Gasteiger partial charge on any atom is 0.234 e. The number of aromatic nitrogens is 3. The Kier molecular flexibility index (Phi) is 5.31. The van der Waals surface area contributed by atoms with Gasteiger partial charge >= 0.3 is 0 Å². The average molecular weight is 340 g/mol. The number of rotatable bonds is 7. The SMILES string of the molecule is COc1ccccc1CN(CCO)Cc1cn2c(C)cc(C)nc2n1. The van der Waals surface area contributed by atoms with E-state index in [0.29, 0.717) is 25.4 Å². The summed E-state index contributed by atoms with van der Waals surface area (Å²) in [5, 5.41) is 9.43. The molecule has 6 heteroatoms. The molecule has 25 heavy (non-hydrogen) atoms. The molecule has 2 aromatic heterocycles. The standard InChI is InChI=1S/C19H24N4O2/c1-14-10-15(2)23-13-17(21-19(23)20-14)12-22(8-9-24)11-16-6-4-5-7-18(16)25-3/h4-7,10,13,24H,8-9,11-12H2,1-3H3. The molecule has 0 aliphatic heterocycles. The molecule has 3 aromatic rings. The van der Waals surface area contributed by atoms with Crippen molar-refractivity contribution in [1.82, 2.24) is 19.3 Å². The van der Waals surface area contributed by atoms with Crippen molar-refractivity contribution in [2.24, 2.45) is 0 Å². The highest BCUT2D eigenvalue weighted by atomic mass is 16.5. The Labute approximate surface area is 147 Å². The highest BCUT2D eigenvalue weighted by molar-refractivity contribution is 5.35. The molecule has 0 bridgehead atoms. The van der Waals surface area contributed by atoms with Crippen LogP contribution in [0, 0.1) is 13.8 Å². The second kappa shape index (κ2) is 7.63. The Hall–Kier alpha value is -2.44. The fourth-order valence-corrected chi connectivity index (χ4v) is 3.05. The zero-order chi connectivity index (χ0) is 17.8. The third-order valence-electron chi connectivity index (χ3n) is 4.20. The van der Waals surface area contributed by atoms with Crippen LogP contribution in [0.5, 0.6) is 5.75 Å². The van der Waals surface area contributed by atoms with Gasteiger partial charge in [-0.05, 0) is 26.0 Å². The largest absolute Gasteiger partial charge is 0.496 e. The number of nitrogens with zero attached hydrogens (tertiary/aromatic N) is 4. The lowest BCUT2D eigenvalue weighted by Gasteiger charge is -2.21. The minimum Gasteiger partial charge on any atom is -0.496 e. The van der Waals surface area contributed by atoms with Gasteiger partial charge in [0.1, 0.15) is 5.75 Å². The molecule has 0 atom stereocenters. The van der Waals surface area contributed by atoms with E-state index in [1.807, 2.05) is 54.8 Å². The molecule has 132 valence electrons. The smallest absolute Gasteiger partial charge is 0.234 e. The van der Waals surface area contributed by atoms with Gasteiger partial charge in [0.2, 0.25) is 5.78 Å².